The summed E-state index contributed by atoms with van der Waals surface area (Å²) in [5.74, 6) is -1.37. The van der Waals surface area contributed by atoms with Gasteiger partial charge in [-0.05, 0) is 38.1 Å². The van der Waals surface area contributed by atoms with Crippen LogP contribution in [-0.2, 0) is 19.2 Å². The first kappa shape index (κ1) is 24.2. The average molecular weight is 479 g/mol. The molecule has 7 atom stereocenters. The van der Waals surface area contributed by atoms with Gasteiger partial charge in [-0.15, -0.1) is 11.8 Å². The van der Waals surface area contributed by atoms with Gasteiger partial charge in [0.15, 0.2) is 0 Å². The first-order chi connectivity index (χ1) is 15.6. The summed E-state index contributed by atoms with van der Waals surface area (Å²) < 4.78 is 0. The van der Waals surface area contributed by atoms with Crippen molar-refractivity contribution in [2.75, 3.05) is 26.2 Å². The Morgan fingerprint density at radius 3 is 2.67 bits per heavy atom. The van der Waals surface area contributed by atoms with Crippen molar-refractivity contribution in [1.82, 2.24) is 15.1 Å². The van der Waals surface area contributed by atoms with E-state index in [9.17, 15) is 24.3 Å². The molecule has 0 unspecified atom stereocenters. The van der Waals surface area contributed by atoms with E-state index >= 15 is 0 Å². The van der Waals surface area contributed by atoms with Crippen molar-refractivity contribution in [3.63, 3.8) is 0 Å². The van der Waals surface area contributed by atoms with Crippen molar-refractivity contribution in [3.8, 4) is 0 Å². The van der Waals surface area contributed by atoms with Crippen molar-refractivity contribution in [2.24, 2.45) is 29.4 Å². The number of ketones is 1. The lowest BCUT2D eigenvalue weighted by Gasteiger charge is -2.47. The number of carbonyl (C=O) groups is 4. The van der Waals surface area contributed by atoms with Gasteiger partial charge in [-0.2, -0.15) is 0 Å². The molecule has 0 saturated carbocycles. The van der Waals surface area contributed by atoms with Gasteiger partial charge in [-0.25, -0.2) is 4.79 Å². The fourth-order valence-electron chi connectivity index (χ4n) is 5.95. The number of fused-ring (bicyclic) bond motifs is 1. The summed E-state index contributed by atoms with van der Waals surface area (Å²) in [7, 11) is 0. The van der Waals surface area contributed by atoms with Gasteiger partial charge < -0.3 is 30.8 Å². The van der Waals surface area contributed by atoms with Crippen LogP contribution in [0.25, 0.3) is 0 Å². The van der Waals surface area contributed by atoms with E-state index in [2.05, 4.69) is 5.32 Å². The van der Waals surface area contributed by atoms with E-state index in [0.717, 1.165) is 13.0 Å². The lowest BCUT2D eigenvalue weighted by Crippen LogP contribution is -2.62. The van der Waals surface area contributed by atoms with E-state index in [1.807, 2.05) is 18.7 Å². The molecular formula is C23H34N4O5S. The van der Waals surface area contributed by atoms with Gasteiger partial charge >= 0.3 is 5.97 Å². The maximum atomic E-state index is 12.9. The number of hydrogen-bond acceptors (Lipinski definition) is 7. The minimum atomic E-state index is -1.10. The summed E-state index contributed by atoms with van der Waals surface area (Å²) in [5.41, 5.74) is 5.83. The third-order valence-electron chi connectivity index (χ3n) is 7.63. The molecule has 4 aliphatic heterocycles. The van der Waals surface area contributed by atoms with Crippen LogP contribution >= 0.6 is 11.8 Å². The number of β-lactam (4-membered cyclic amide) rings is 1. The molecule has 0 spiro atoms. The Balaban J connectivity index is 1.43. The van der Waals surface area contributed by atoms with E-state index in [-0.39, 0.29) is 58.4 Å². The fourth-order valence-corrected chi connectivity index (χ4v) is 7.43. The third kappa shape index (κ3) is 4.33. The number of carboxylic acids is 1. The lowest BCUT2D eigenvalue weighted by molar-refractivity contribution is -0.160. The SMILES string of the molecule is CC(=O)C[C@H](C)[C@H]1C(=O)N2C(C(=O)O)=C(S[C@@H]3CN[C@H](C(=O)N4CC[C@@H](CN)C4)C3)[C@H](C)[C@@H]12. The normalized spacial score (nSPS) is 34.5. The number of nitrogens with two attached hydrogens (primary N) is 1. The summed E-state index contributed by atoms with van der Waals surface area (Å²) in [5, 5.41) is 13.3. The highest BCUT2D eigenvalue weighted by atomic mass is 32.2. The van der Waals surface area contributed by atoms with Crippen LogP contribution in [-0.4, -0.2) is 82.0 Å². The molecule has 4 rings (SSSR count). The van der Waals surface area contributed by atoms with Crippen molar-refractivity contribution in [1.29, 1.82) is 0 Å². The number of hydrogen-bond donors (Lipinski definition) is 3. The van der Waals surface area contributed by atoms with Gasteiger partial charge in [-0.3, -0.25) is 9.59 Å². The highest BCUT2D eigenvalue weighted by Gasteiger charge is 2.60. The summed E-state index contributed by atoms with van der Waals surface area (Å²) in [6.07, 6.45) is 1.88. The minimum Gasteiger partial charge on any atom is -0.477 e. The number of rotatable bonds is 8. The second-order valence-electron chi connectivity index (χ2n) is 10.0. The number of carboxylic acid groups (broad SMARTS) is 1. The van der Waals surface area contributed by atoms with Crippen LogP contribution in [0.5, 0.6) is 0 Å². The molecule has 182 valence electrons. The van der Waals surface area contributed by atoms with Crippen LogP contribution in [0.4, 0.5) is 0 Å². The molecule has 10 heteroatoms. The van der Waals surface area contributed by atoms with Crippen LogP contribution in [0.1, 0.15) is 40.0 Å². The number of Topliss-reactive ketones (excluding diaryl/α,β-unsaturated/α-hetero) is 1. The molecule has 0 aliphatic carbocycles. The standard InChI is InChI=1S/C23H34N4O5S/c1-11(6-12(2)28)17-18-13(3)20(19(23(31)32)27(18)22(17)30)33-15-7-16(25-9-15)21(29)26-5-4-14(8-24)10-26/h11,13-18,25H,4-10,24H2,1-3H3,(H,31,32)/t11-,13+,14-,15-,16-,17+,18-/m0/s1. The second-order valence-corrected chi connectivity index (χ2v) is 11.4. The number of aliphatic carboxylic acids is 1. The number of likely N-dealkylation sites (tertiary alicyclic amines) is 1. The molecule has 0 aromatic heterocycles. The zero-order chi connectivity index (χ0) is 24.0. The minimum absolute atomic E-state index is 0.0314. The fraction of sp³-hybridized carbons (Fsp3) is 0.739. The average Bonchev–Trinajstić information content (AvgIpc) is 3.46. The van der Waals surface area contributed by atoms with Crippen LogP contribution in [0.3, 0.4) is 0 Å². The molecule has 4 heterocycles. The summed E-state index contributed by atoms with van der Waals surface area (Å²) in [6.45, 7) is 8.02. The number of carbonyl (C=O) groups excluding carboxylic acids is 3. The molecule has 0 aromatic rings. The first-order valence-corrected chi connectivity index (χ1v) is 12.7. The smallest absolute Gasteiger partial charge is 0.353 e. The van der Waals surface area contributed by atoms with Crippen molar-refractivity contribution in [3.05, 3.63) is 10.6 Å². The Labute approximate surface area is 198 Å². The van der Waals surface area contributed by atoms with E-state index in [1.165, 1.54) is 23.6 Å². The molecule has 4 N–H and O–H groups in total. The van der Waals surface area contributed by atoms with E-state index in [0.29, 0.717) is 43.3 Å². The summed E-state index contributed by atoms with van der Waals surface area (Å²) in [6, 6.07) is -0.489. The molecule has 3 saturated heterocycles. The Morgan fingerprint density at radius 1 is 1.33 bits per heavy atom. The summed E-state index contributed by atoms with van der Waals surface area (Å²) in [4.78, 5) is 53.5. The Hall–Kier alpha value is -1.91. The van der Waals surface area contributed by atoms with Crippen LogP contribution in [0.2, 0.25) is 0 Å². The maximum Gasteiger partial charge on any atom is 0.353 e. The topological polar surface area (TPSA) is 133 Å². The number of nitrogens with one attached hydrogen (secondary N) is 1. The molecule has 0 bridgehead atoms. The van der Waals surface area contributed by atoms with Gasteiger partial charge in [0.2, 0.25) is 11.8 Å². The van der Waals surface area contributed by atoms with Crippen LogP contribution in [0.15, 0.2) is 10.6 Å². The number of nitrogens with zero attached hydrogens (tertiary/aromatic N) is 2. The van der Waals surface area contributed by atoms with Crippen molar-refractivity contribution in [2.45, 2.75) is 57.4 Å². The van der Waals surface area contributed by atoms with Gasteiger partial charge in [0.25, 0.3) is 0 Å². The first-order valence-electron chi connectivity index (χ1n) is 11.8. The quantitative estimate of drug-likeness (QED) is 0.433. The predicted molar refractivity (Wildman–Crippen MR) is 124 cm³/mol. The molecule has 2 amide bonds. The second kappa shape index (κ2) is 9.38. The molecule has 3 fully saturated rings. The highest BCUT2D eigenvalue weighted by molar-refractivity contribution is 8.03. The van der Waals surface area contributed by atoms with Gasteiger partial charge in [0.1, 0.15) is 11.5 Å². The monoisotopic (exact) mass is 478 g/mol. The van der Waals surface area contributed by atoms with Gasteiger partial charge in [0, 0.05) is 42.1 Å². The van der Waals surface area contributed by atoms with Gasteiger partial charge in [0.05, 0.1) is 18.0 Å². The van der Waals surface area contributed by atoms with E-state index in [4.69, 9.17) is 5.73 Å². The van der Waals surface area contributed by atoms with Crippen molar-refractivity contribution >= 4 is 35.3 Å². The third-order valence-corrected chi connectivity index (χ3v) is 9.14. The van der Waals surface area contributed by atoms with Crippen LogP contribution < -0.4 is 11.1 Å². The maximum absolute atomic E-state index is 12.9. The molecule has 33 heavy (non-hydrogen) atoms. The zero-order valence-corrected chi connectivity index (χ0v) is 20.3. The number of amides is 2. The van der Waals surface area contributed by atoms with Crippen molar-refractivity contribution < 1.29 is 24.3 Å². The highest BCUT2D eigenvalue weighted by Crippen LogP contribution is 2.53. The number of thioether (sulfide) groups is 1. The predicted octanol–water partition coefficient (Wildman–Crippen LogP) is 0.645. The van der Waals surface area contributed by atoms with Gasteiger partial charge in [-0.1, -0.05) is 13.8 Å². The summed E-state index contributed by atoms with van der Waals surface area (Å²) >= 11 is 1.49. The molecular weight excluding hydrogens is 444 g/mol. The largest absolute Gasteiger partial charge is 0.477 e. The lowest BCUT2D eigenvalue weighted by atomic mass is 9.73. The Morgan fingerprint density at radius 2 is 2.06 bits per heavy atom. The van der Waals surface area contributed by atoms with Crippen LogP contribution in [0, 0.1) is 23.7 Å². The van der Waals surface area contributed by atoms with E-state index < -0.39 is 5.97 Å². The molecule has 0 radical (unpaired) electrons. The molecule has 0 aromatic carbocycles. The Bertz CT molecular complexity index is 892. The molecule has 4 aliphatic rings. The zero-order valence-electron chi connectivity index (χ0n) is 19.5. The van der Waals surface area contributed by atoms with E-state index in [1.54, 1.807) is 0 Å². The molecule has 9 nitrogen and oxygen atoms in total. The Kier molecular flexibility index (Phi) is 6.89.